The summed E-state index contributed by atoms with van der Waals surface area (Å²) in [6.45, 7) is 9.69. The Bertz CT molecular complexity index is 111. The Morgan fingerprint density at radius 3 is 2.17 bits per heavy atom. The zero-order chi connectivity index (χ0) is 8.81. The van der Waals surface area contributed by atoms with Crippen molar-refractivity contribution < 1.29 is 0 Å². The van der Waals surface area contributed by atoms with E-state index in [4.69, 9.17) is 0 Å². The van der Waals surface area contributed by atoms with Crippen LogP contribution in [0.1, 0.15) is 13.3 Å². The fourth-order valence-electron chi connectivity index (χ4n) is 1.62. The van der Waals surface area contributed by atoms with Crippen molar-refractivity contribution in [1.29, 1.82) is 0 Å². The maximum Gasteiger partial charge on any atom is 0.0110 e. The highest BCUT2D eigenvalue weighted by atomic mass is 32.1. The molecular weight excluding hydrogens is 168 g/mol. The maximum absolute atomic E-state index is 4.22. The zero-order valence-electron chi connectivity index (χ0n) is 8.00. The second-order valence-electron chi connectivity index (χ2n) is 3.35. The van der Waals surface area contributed by atoms with Crippen molar-refractivity contribution in [1.82, 2.24) is 9.80 Å². The summed E-state index contributed by atoms with van der Waals surface area (Å²) in [5, 5.41) is 0. The molecule has 1 heterocycles. The monoisotopic (exact) mass is 188 g/mol. The molecule has 3 heteroatoms. The van der Waals surface area contributed by atoms with Gasteiger partial charge in [-0.15, -0.1) is 0 Å². The average molecular weight is 188 g/mol. The lowest BCUT2D eigenvalue weighted by molar-refractivity contribution is 0.138. The summed E-state index contributed by atoms with van der Waals surface area (Å²) < 4.78 is 0. The molecule has 0 radical (unpaired) electrons. The first kappa shape index (κ1) is 10.4. The SMILES string of the molecule is CCN1CCN(CCCS)CC1. The molecule has 0 aromatic rings. The second-order valence-corrected chi connectivity index (χ2v) is 3.80. The molecule has 1 saturated heterocycles. The lowest BCUT2D eigenvalue weighted by atomic mass is 10.3. The van der Waals surface area contributed by atoms with E-state index in [1.165, 1.54) is 45.7 Å². The van der Waals surface area contributed by atoms with Crippen molar-refractivity contribution >= 4 is 12.6 Å². The first-order valence-corrected chi connectivity index (χ1v) is 5.55. The van der Waals surface area contributed by atoms with Crippen molar-refractivity contribution in [3.63, 3.8) is 0 Å². The largest absolute Gasteiger partial charge is 0.301 e. The van der Waals surface area contributed by atoms with E-state index in [1.54, 1.807) is 0 Å². The first-order valence-electron chi connectivity index (χ1n) is 4.92. The van der Waals surface area contributed by atoms with E-state index in [2.05, 4.69) is 29.4 Å². The van der Waals surface area contributed by atoms with Crippen LogP contribution in [0.15, 0.2) is 0 Å². The predicted molar refractivity (Wildman–Crippen MR) is 57.0 cm³/mol. The van der Waals surface area contributed by atoms with Gasteiger partial charge in [0.25, 0.3) is 0 Å². The molecule has 0 saturated carbocycles. The third-order valence-corrected chi connectivity index (χ3v) is 2.86. The van der Waals surface area contributed by atoms with Crippen LogP contribution in [0.25, 0.3) is 0 Å². The van der Waals surface area contributed by atoms with Gasteiger partial charge >= 0.3 is 0 Å². The zero-order valence-corrected chi connectivity index (χ0v) is 8.89. The number of thiol groups is 1. The topological polar surface area (TPSA) is 6.48 Å². The normalized spacial score (nSPS) is 21.5. The van der Waals surface area contributed by atoms with Gasteiger partial charge in [0, 0.05) is 26.2 Å². The molecule has 1 rings (SSSR count). The Morgan fingerprint density at radius 2 is 1.67 bits per heavy atom. The summed E-state index contributed by atoms with van der Waals surface area (Å²) in [6, 6.07) is 0. The lowest BCUT2D eigenvalue weighted by Gasteiger charge is -2.33. The second kappa shape index (κ2) is 5.84. The molecule has 1 aliphatic heterocycles. The van der Waals surface area contributed by atoms with E-state index in [-0.39, 0.29) is 0 Å². The summed E-state index contributed by atoms with van der Waals surface area (Å²) in [4.78, 5) is 5.06. The van der Waals surface area contributed by atoms with E-state index in [1.807, 2.05) is 0 Å². The third-order valence-electron chi connectivity index (χ3n) is 2.54. The Hall–Kier alpha value is 0.270. The van der Waals surface area contributed by atoms with Gasteiger partial charge in [-0.3, -0.25) is 0 Å². The van der Waals surface area contributed by atoms with Crippen LogP contribution < -0.4 is 0 Å². The number of likely N-dealkylation sites (N-methyl/N-ethyl adjacent to an activating group) is 1. The van der Waals surface area contributed by atoms with E-state index in [0.717, 1.165) is 5.75 Å². The molecule has 0 N–H and O–H groups in total. The summed E-state index contributed by atoms with van der Waals surface area (Å²) in [7, 11) is 0. The molecule has 12 heavy (non-hydrogen) atoms. The fourth-order valence-corrected chi connectivity index (χ4v) is 1.76. The molecule has 0 aliphatic carbocycles. The van der Waals surface area contributed by atoms with Crippen LogP contribution in [-0.4, -0.2) is 54.8 Å². The molecule has 0 unspecified atom stereocenters. The Labute approximate surface area is 81.3 Å². The molecule has 0 atom stereocenters. The minimum absolute atomic E-state index is 1.02. The maximum atomic E-state index is 4.22. The van der Waals surface area contributed by atoms with Gasteiger partial charge in [0.2, 0.25) is 0 Å². The van der Waals surface area contributed by atoms with Gasteiger partial charge in [-0.25, -0.2) is 0 Å². The number of hydrogen-bond acceptors (Lipinski definition) is 3. The minimum Gasteiger partial charge on any atom is -0.301 e. The standard InChI is InChI=1S/C9H20N2S/c1-2-10-5-7-11(8-6-10)4-3-9-12/h12H,2-9H2,1H3. The van der Waals surface area contributed by atoms with Crippen molar-refractivity contribution in [2.75, 3.05) is 45.0 Å². The summed E-state index contributed by atoms with van der Waals surface area (Å²) in [5.41, 5.74) is 0. The molecule has 72 valence electrons. The van der Waals surface area contributed by atoms with E-state index >= 15 is 0 Å². The third kappa shape index (κ3) is 3.33. The Kier molecular flexibility index (Phi) is 5.04. The smallest absolute Gasteiger partial charge is 0.0110 e. The van der Waals surface area contributed by atoms with Gasteiger partial charge in [0.1, 0.15) is 0 Å². The molecular formula is C9H20N2S. The van der Waals surface area contributed by atoms with Gasteiger partial charge < -0.3 is 9.80 Å². The highest BCUT2D eigenvalue weighted by molar-refractivity contribution is 7.80. The van der Waals surface area contributed by atoms with Crippen molar-refractivity contribution in [2.45, 2.75) is 13.3 Å². The molecule has 1 fully saturated rings. The average Bonchev–Trinajstić information content (AvgIpc) is 2.15. The molecule has 0 spiro atoms. The van der Waals surface area contributed by atoms with Gasteiger partial charge in [-0.2, -0.15) is 12.6 Å². The van der Waals surface area contributed by atoms with Crippen LogP contribution in [0.2, 0.25) is 0 Å². The predicted octanol–water partition coefficient (Wildman–Crippen LogP) is 0.944. The highest BCUT2D eigenvalue weighted by Gasteiger charge is 2.13. The number of piperazine rings is 1. The lowest BCUT2D eigenvalue weighted by Crippen LogP contribution is -2.46. The van der Waals surface area contributed by atoms with Crippen molar-refractivity contribution in [2.24, 2.45) is 0 Å². The van der Waals surface area contributed by atoms with Crippen molar-refractivity contribution in [3.8, 4) is 0 Å². The Morgan fingerprint density at radius 1 is 1.08 bits per heavy atom. The summed E-state index contributed by atoms with van der Waals surface area (Å²) in [6.07, 6.45) is 1.23. The quantitative estimate of drug-likeness (QED) is 0.656. The van der Waals surface area contributed by atoms with Crippen molar-refractivity contribution in [3.05, 3.63) is 0 Å². The molecule has 2 nitrogen and oxygen atoms in total. The highest BCUT2D eigenvalue weighted by Crippen LogP contribution is 2.01. The van der Waals surface area contributed by atoms with E-state index in [9.17, 15) is 0 Å². The van der Waals surface area contributed by atoms with Gasteiger partial charge in [-0.1, -0.05) is 6.92 Å². The molecule has 0 aromatic carbocycles. The van der Waals surface area contributed by atoms with Gasteiger partial charge in [0.15, 0.2) is 0 Å². The Balaban J connectivity index is 2.09. The van der Waals surface area contributed by atoms with Crippen LogP contribution in [0, 0.1) is 0 Å². The summed E-state index contributed by atoms with van der Waals surface area (Å²) >= 11 is 4.22. The molecule has 0 aromatic heterocycles. The van der Waals surface area contributed by atoms with Crippen LogP contribution in [-0.2, 0) is 0 Å². The van der Waals surface area contributed by atoms with Crippen LogP contribution in [0.4, 0.5) is 0 Å². The van der Waals surface area contributed by atoms with Gasteiger partial charge in [-0.05, 0) is 25.3 Å². The number of rotatable bonds is 4. The molecule has 0 amide bonds. The van der Waals surface area contributed by atoms with Gasteiger partial charge in [0.05, 0.1) is 0 Å². The van der Waals surface area contributed by atoms with Crippen LogP contribution in [0.5, 0.6) is 0 Å². The fraction of sp³-hybridized carbons (Fsp3) is 1.00. The van der Waals surface area contributed by atoms with E-state index in [0.29, 0.717) is 0 Å². The van der Waals surface area contributed by atoms with E-state index < -0.39 is 0 Å². The van der Waals surface area contributed by atoms with Crippen LogP contribution >= 0.6 is 12.6 Å². The first-order chi connectivity index (χ1) is 5.86. The van der Waals surface area contributed by atoms with Crippen LogP contribution in [0.3, 0.4) is 0 Å². The minimum atomic E-state index is 1.02. The number of nitrogens with zero attached hydrogens (tertiary/aromatic N) is 2. The molecule has 0 bridgehead atoms. The summed E-state index contributed by atoms with van der Waals surface area (Å²) in [5.74, 6) is 1.02. The molecule has 1 aliphatic rings. The number of hydrogen-bond donors (Lipinski definition) is 1.